The minimum absolute atomic E-state index is 0.0693. The Morgan fingerprint density at radius 2 is 1.80 bits per heavy atom. The fourth-order valence-electron chi connectivity index (χ4n) is 1.85. The quantitative estimate of drug-likeness (QED) is 0.758. The van der Waals surface area contributed by atoms with Gasteiger partial charge in [-0.1, -0.05) is 24.3 Å². The number of hydrogen-bond donors (Lipinski definition) is 2. The molecule has 0 aliphatic heterocycles. The molecule has 0 amide bonds. The first-order valence-corrected chi connectivity index (χ1v) is 5.89. The second-order valence-corrected chi connectivity index (χ2v) is 4.14. The average Bonchev–Trinajstić information content (AvgIpc) is 3.02. The fourth-order valence-corrected chi connectivity index (χ4v) is 1.85. The van der Waals surface area contributed by atoms with E-state index >= 15 is 0 Å². The van der Waals surface area contributed by atoms with Crippen LogP contribution in [-0.2, 0) is 0 Å². The average molecular weight is 266 g/mol. The number of hydrogen-bond acceptors (Lipinski definition) is 4. The van der Waals surface area contributed by atoms with Gasteiger partial charge in [-0.15, -0.1) is 0 Å². The molecule has 2 aromatic heterocycles. The van der Waals surface area contributed by atoms with E-state index in [2.05, 4.69) is 20.2 Å². The second kappa shape index (κ2) is 4.93. The molecule has 0 aliphatic carbocycles. The Labute approximate surface area is 114 Å². The van der Waals surface area contributed by atoms with E-state index in [1.54, 1.807) is 6.20 Å². The minimum atomic E-state index is -1.09. The SMILES string of the molecule is O=C(O)c1cncc(-c2ccc(-c3ccn[nH]3)cc2)n1. The minimum Gasteiger partial charge on any atom is -0.476 e. The number of carbonyl (C=O) groups is 1. The number of carboxylic acids is 1. The predicted octanol–water partition coefficient (Wildman–Crippen LogP) is 2.23. The van der Waals surface area contributed by atoms with Gasteiger partial charge in [-0.3, -0.25) is 10.1 Å². The summed E-state index contributed by atoms with van der Waals surface area (Å²) in [6.45, 7) is 0. The van der Waals surface area contributed by atoms with Crippen LogP contribution in [-0.4, -0.2) is 31.2 Å². The molecule has 2 heterocycles. The summed E-state index contributed by atoms with van der Waals surface area (Å²) in [7, 11) is 0. The van der Waals surface area contributed by atoms with E-state index in [-0.39, 0.29) is 5.69 Å². The zero-order valence-corrected chi connectivity index (χ0v) is 10.3. The molecule has 0 bridgehead atoms. The molecule has 3 aromatic rings. The molecule has 2 N–H and O–H groups in total. The van der Waals surface area contributed by atoms with Crippen LogP contribution in [0.2, 0.25) is 0 Å². The summed E-state index contributed by atoms with van der Waals surface area (Å²) in [5.74, 6) is -1.09. The van der Waals surface area contributed by atoms with Crippen LogP contribution in [0.3, 0.4) is 0 Å². The third-order valence-electron chi connectivity index (χ3n) is 2.85. The molecular weight excluding hydrogens is 256 g/mol. The molecule has 0 aliphatic rings. The number of H-pyrrole nitrogens is 1. The number of nitrogens with one attached hydrogen (secondary N) is 1. The van der Waals surface area contributed by atoms with Gasteiger partial charge in [-0.2, -0.15) is 5.10 Å². The Bertz CT molecular complexity index is 736. The van der Waals surface area contributed by atoms with Gasteiger partial charge in [0, 0.05) is 11.8 Å². The number of carboxylic acid groups (broad SMARTS) is 1. The van der Waals surface area contributed by atoms with Gasteiger partial charge in [0.25, 0.3) is 0 Å². The third-order valence-corrected chi connectivity index (χ3v) is 2.85. The maximum Gasteiger partial charge on any atom is 0.356 e. The largest absolute Gasteiger partial charge is 0.476 e. The van der Waals surface area contributed by atoms with E-state index < -0.39 is 5.97 Å². The lowest BCUT2D eigenvalue weighted by Crippen LogP contribution is -2.01. The summed E-state index contributed by atoms with van der Waals surface area (Å²) in [5, 5.41) is 15.7. The highest BCUT2D eigenvalue weighted by molar-refractivity contribution is 5.85. The normalized spacial score (nSPS) is 10.4. The number of nitrogens with zero attached hydrogens (tertiary/aromatic N) is 3. The number of benzene rings is 1. The van der Waals surface area contributed by atoms with Crippen molar-refractivity contribution in [1.29, 1.82) is 0 Å². The van der Waals surface area contributed by atoms with Gasteiger partial charge >= 0.3 is 5.97 Å². The molecule has 3 rings (SSSR count). The van der Waals surface area contributed by atoms with Gasteiger partial charge in [0.1, 0.15) is 0 Å². The summed E-state index contributed by atoms with van der Waals surface area (Å²) in [4.78, 5) is 18.8. The summed E-state index contributed by atoms with van der Waals surface area (Å²) in [6, 6.07) is 9.44. The maximum absolute atomic E-state index is 10.9. The van der Waals surface area contributed by atoms with Crippen LogP contribution in [0.4, 0.5) is 0 Å². The van der Waals surface area contributed by atoms with Crippen molar-refractivity contribution in [3.8, 4) is 22.5 Å². The second-order valence-electron chi connectivity index (χ2n) is 4.14. The fraction of sp³-hybridized carbons (Fsp3) is 0. The molecule has 6 heteroatoms. The van der Waals surface area contributed by atoms with Crippen LogP contribution >= 0.6 is 0 Å². The summed E-state index contributed by atoms with van der Waals surface area (Å²) in [6.07, 6.45) is 4.45. The molecule has 6 nitrogen and oxygen atoms in total. The van der Waals surface area contributed by atoms with Crippen LogP contribution in [0.5, 0.6) is 0 Å². The van der Waals surface area contributed by atoms with Gasteiger partial charge in [0.05, 0.1) is 23.8 Å². The lowest BCUT2D eigenvalue weighted by Gasteiger charge is -2.03. The van der Waals surface area contributed by atoms with Crippen molar-refractivity contribution in [3.05, 3.63) is 54.6 Å². The van der Waals surface area contributed by atoms with Crippen molar-refractivity contribution >= 4 is 5.97 Å². The highest BCUT2D eigenvalue weighted by Crippen LogP contribution is 2.22. The Balaban J connectivity index is 1.95. The highest BCUT2D eigenvalue weighted by atomic mass is 16.4. The molecule has 0 unspecified atom stereocenters. The van der Waals surface area contributed by atoms with Crippen LogP contribution in [0.15, 0.2) is 48.9 Å². The van der Waals surface area contributed by atoms with Gasteiger partial charge in [-0.25, -0.2) is 9.78 Å². The Hall–Kier alpha value is -3.02. The smallest absolute Gasteiger partial charge is 0.356 e. The highest BCUT2D eigenvalue weighted by Gasteiger charge is 2.08. The predicted molar refractivity (Wildman–Crippen MR) is 72.0 cm³/mol. The molecular formula is C14H10N4O2. The van der Waals surface area contributed by atoms with Crippen LogP contribution in [0.25, 0.3) is 22.5 Å². The molecule has 0 radical (unpaired) electrons. The van der Waals surface area contributed by atoms with Crippen LogP contribution in [0.1, 0.15) is 10.5 Å². The van der Waals surface area contributed by atoms with E-state index in [0.29, 0.717) is 5.69 Å². The lowest BCUT2D eigenvalue weighted by molar-refractivity contribution is 0.0690. The molecule has 0 saturated carbocycles. The first kappa shape index (κ1) is 12.0. The van der Waals surface area contributed by atoms with Crippen molar-refractivity contribution in [2.75, 3.05) is 0 Å². The van der Waals surface area contributed by atoms with E-state index in [1.165, 1.54) is 12.4 Å². The van der Waals surface area contributed by atoms with Crippen LogP contribution < -0.4 is 0 Å². The third kappa shape index (κ3) is 2.26. The molecule has 0 saturated heterocycles. The van der Waals surface area contributed by atoms with Crippen molar-refractivity contribution in [3.63, 3.8) is 0 Å². The molecule has 0 atom stereocenters. The van der Waals surface area contributed by atoms with Crippen molar-refractivity contribution in [2.24, 2.45) is 0 Å². The Morgan fingerprint density at radius 1 is 1.05 bits per heavy atom. The molecule has 0 fully saturated rings. The van der Waals surface area contributed by atoms with E-state index in [4.69, 9.17) is 5.11 Å². The van der Waals surface area contributed by atoms with E-state index in [0.717, 1.165) is 16.8 Å². The van der Waals surface area contributed by atoms with Crippen LogP contribution in [0, 0.1) is 0 Å². The standard InChI is InChI=1S/C14H10N4O2/c19-14(20)13-8-15-7-12(17-13)10-3-1-9(2-4-10)11-5-6-16-18-11/h1-8H,(H,16,18)(H,19,20). The Kier molecular flexibility index (Phi) is 2.96. The van der Waals surface area contributed by atoms with Crippen molar-refractivity contribution in [1.82, 2.24) is 20.2 Å². The van der Waals surface area contributed by atoms with Gasteiger partial charge in [-0.05, 0) is 11.6 Å². The Morgan fingerprint density at radius 3 is 2.45 bits per heavy atom. The lowest BCUT2D eigenvalue weighted by atomic mass is 10.1. The van der Waals surface area contributed by atoms with Gasteiger partial charge < -0.3 is 5.11 Å². The zero-order valence-electron chi connectivity index (χ0n) is 10.3. The van der Waals surface area contributed by atoms with Gasteiger partial charge in [0.15, 0.2) is 5.69 Å². The molecule has 0 spiro atoms. The van der Waals surface area contributed by atoms with Gasteiger partial charge in [0.2, 0.25) is 0 Å². The van der Waals surface area contributed by atoms with E-state index in [1.807, 2.05) is 30.3 Å². The summed E-state index contributed by atoms with van der Waals surface area (Å²) in [5.41, 5.74) is 3.18. The zero-order chi connectivity index (χ0) is 13.9. The van der Waals surface area contributed by atoms with Crippen molar-refractivity contribution in [2.45, 2.75) is 0 Å². The van der Waals surface area contributed by atoms with E-state index in [9.17, 15) is 4.79 Å². The topological polar surface area (TPSA) is 91.8 Å². The number of aromatic carboxylic acids is 1. The molecule has 98 valence electrons. The maximum atomic E-state index is 10.9. The number of aromatic nitrogens is 4. The number of rotatable bonds is 3. The van der Waals surface area contributed by atoms with Crippen molar-refractivity contribution < 1.29 is 9.90 Å². The first-order chi connectivity index (χ1) is 9.74. The monoisotopic (exact) mass is 266 g/mol. The first-order valence-electron chi connectivity index (χ1n) is 5.89. The molecule has 20 heavy (non-hydrogen) atoms. The summed E-state index contributed by atoms with van der Waals surface area (Å²) >= 11 is 0. The number of aromatic amines is 1. The summed E-state index contributed by atoms with van der Waals surface area (Å²) < 4.78 is 0. The molecule has 1 aromatic carbocycles.